The average Bonchev–Trinajstić information content (AvgIpc) is 2.66. The molecule has 2 heterocycles. The monoisotopic (exact) mass is 270 g/mol. The summed E-state index contributed by atoms with van der Waals surface area (Å²) in [7, 11) is -1.56. The lowest BCUT2D eigenvalue weighted by Gasteiger charge is -2.18. The molecule has 0 radical (unpaired) electrons. The van der Waals surface area contributed by atoms with Gasteiger partial charge < -0.3 is 9.41 Å². The number of aryl methyl sites for hydroxylation is 1. The van der Waals surface area contributed by atoms with Gasteiger partial charge in [0, 0.05) is 23.0 Å². The van der Waals surface area contributed by atoms with Gasteiger partial charge in [-0.25, -0.2) is 0 Å². The number of aromatic amines is 1. The van der Waals surface area contributed by atoms with Crippen molar-refractivity contribution in [2.75, 3.05) is 0 Å². The van der Waals surface area contributed by atoms with Crippen LogP contribution < -0.4 is 4.43 Å². The number of nitrogens with one attached hydrogen (secondary N) is 1. The molecule has 0 atom stereocenters. The van der Waals surface area contributed by atoms with E-state index >= 15 is 0 Å². The normalized spacial score (nSPS) is 12.2. The topological polar surface area (TPSA) is 37.9 Å². The molecule has 3 rings (SSSR count). The Bertz CT molecular complexity index is 756. The standard InChI is InChI=1S/C15H18N2OSi/c1-10-15-13(7-8-16-10)12-6-5-11(9-14(12)17-15)18-19(2,3)4/h5-9,17H,1-4H3. The third-order valence-electron chi connectivity index (χ3n) is 3.11. The zero-order chi connectivity index (χ0) is 13.6. The second kappa shape index (κ2) is 4.10. The van der Waals surface area contributed by atoms with Crippen molar-refractivity contribution >= 4 is 30.1 Å². The fourth-order valence-electron chi connectivity index (χ4n) is 2.36. The van der Waals surface area contributed by atoms with Crippen LogP contribution in [0.3, 0.4) is 0 Å². The number of fused-ring (bicyclic) bond motifs is 3. The van der Waals surface area contributed by atoms with E-state index in [2.05, 4.69) is 53.9 Å². The van der Waals surface area contributed by atoms with E-state index in [1.54, 1.807) is 0 Å². The van der Waals surface area contributed by atoms with Crippen molar-refractivity contribution in [2.45, 2.75) is 26.6 Å². The molecule has 0 saturated carbocycles. The molecule has 0 fully saturated rings. The molecular formula is C15H18N2OSi. The van der Waals surface area contributed by atoms with Crippen LogP contribution in [0.2, 0.25) is 19.6 Å². The summed E-state index contributed by atoms with van der Waals surface area (Å²) in [6, 6.07) is 8.33. The van der Waals surface area contributed by atoms with E-state index in [-0.39, 0.29) is 0 Å². The Morgan fingerprint density at radius 2 is 1.89 bits per heavy atom. The van der Waals surface area contributed by atoms with Gasteiger partial charge in [-0.2, -0.15) is 0 Å². The summed E-state index contributed by atoms with van der Waals surface area (Å²) in [6.45, 7) is 8.60. The van der Waals surface area contributed by atoms with Crippen LogP contribution in [0, 0.1) is 6.92 Å². The number of H-pyrrole nitrogens is 1. The van der Waals surface area contributed by atoms with Gasteiger partial charge in [-0.3, -0.25) is 4.98 Å². The fraction of sp³-hybridized carbons (Fsp3) is 0.267. The van der Waals surface area contributed by atoms with Crippen LogP contribution in [0.5, 0.6) is 5.75 Å². The van der Waals surface area contributed by atoms with Crippen LogP contribution in [0.15, 0.2) is 30.5 Å². The lowest BCUT2D eigenvalue weighted by atomic mass is 10.1. The molecule has 0 unspecified atom stereocenters. The minimum atomic E-state index is -1.56. The summed E-state index contributed by atoms with van der Waals surface area (Å²) >= 11 is 0. The summed E-state index contributed by atoms with van der Waals surface area (Å²) in [4.78, 5) is 7.77. The van der Waals surface area contributed by atoms with E-state index in [9.17, 15) is 0 Å². The van der Waals surface area contributed by atoms with Crippen LogP contribution in [0.25, 0.3) is 21.8 Å². The molecule has 4 heteroatoms. The largest absolute Gasteiger partial charge is 0.544 e. The Hall–Kier alpha value is -1.81. The molecule has 1 N–H and O–H groups in total. The Morgan fingerprint density at radius 3 is 2.63 bits per heavy atom. The maximum atomic E-state index is 6.04. The Balaban J connectivity index is 2.19. The van der Waals surface area contributed by atoms with Gasteiger partial charge in [0.2, 0.25) is 8.32 Å². The van der Waals surface area contributed by atoms with Gasteiger partial charge in [0.1, 0.15) is 5.75 Å². The third-order valence-corrected chi connectivity index (χ3v) is 3.95. The fourth-order valence-corrected chi connectivity index (χ4v) is 3.20. The van der Waals surface area contributed by atoms with E-state index in [1.165, 1.54) is 10.8 Å². The first-order valence-electron chi connectivity index (χ1n) is 6.50. The highest BCUT2D eigenvalue weighted by Gasteiger charge is 2.16. The molecule has 0 spiro atoms. The Labute approximate surface area is 113 Å². The van der Waals surface area contributed by atoms with E-state index in [1.807, 2.05) is 13.1 Å². The van der Waals surface area contributed by atoms with Crippen LogP contribution >= 0.6 is 0 Å². The first kappa shape index (κ1) is 12.2. The number of aromatic nitrogens is 2. The van der Waals surface area contributed by atoms with Crippen LogP contribution in [0.4, 0.5) is 0 Å². The van der Waals surface area contributed by atoms with Crippen LogP contribution in [0.1, 0.15) is 5.69 Å². The van der Waals surface area contributed by atoms with Gasteiger partial charge in [-0.1, -0.05) is 0 Å². The van der Waals surface area contributed by atoms with Crippen LogP contribution in [-0.2, 0) is 0 Å². The minimum Gasteiger partial charge on any atom is -0.544 e. The van der Waals surface area contributed by atoms with E-state index in [0.717, 1.165) is 22.5 Å². The zero-order valence-electron chi connectivity index (χ0n) is 11.7. The molecule has 2 aromatic heterocycles. The Kier molecular flexibility index (Phi) is 2.64. The first-order valence-corrected chi connectivity index (χ1v) is 9.91. The quantitative estimate of drug-likeness (QED) is 0.707. The Morgan fingerprint density at radius 1 is 1.11 bits per heavy atom. The van der Waals surface area contributed by atoms with Crippen molar-refractivity contribution < 1.29 is 4.43 Å². The highest BCUT2D eigenvalue weighted by atomic mass is 28.4. The maximum Gasteiger partial charge on any atom is 0.242 e. The first-order chi connectivity index (χ1) is 8.94. The predicted octanol–water partition coefficient (Wildman–Crippen LogP) is 4.24. The van der Waals surface area contributed by atoms with Gasteiger partial charge in [0.25, 0.3) is 0 Å². The van der Waals surface area contributed by atoms with E-state index in [4.69, 9.17) is 4.43 Å². The predicted molar refractivity (Wildman–Crippen MR) is 82.3 cm³/mol. The molecule has 0 aliphatic rings. The van der Waals surface area contributed by atoms with Crippen molar-refractivity contribution in [1.82, 2.24) is 9.97 Å². The number of rotatable bonds is 2. The van der Waals surface area contributed by atoms with Gasteiger partial charge in [0.15, 0.2) is 0 Å². The third kappa shape index (κ3) is 2.23. The smallest absolute Gasteiger partial charge is 0.242 e. The highest BCUT2D eigenvalue weighted by molar-refractivity contribution is 6.70. The van der Waals surface area contributed by atoms with Crippen molar-refractivity contribution in [3.63, 3.8) is 0 Å². The summed E-state index contributed by atoms with van der Waals surface area (Å²) in [5, 5.41) is 2.45. The number of benzene rings is 1. The molecule has 1 aromatic carbocycles. The van der Waals surface area contributed by atoms with E-state index < -0.39 is 8.32 Å². The maximum absolute atomic E-state index is 6.04. The number of hydrogen-bond donors (Lipinski definition) is 1. The van der Waals surface area contributed by atoms with Crippen molar-refractivity contribution in [1.29, 1.82) is 0 Å². The summed E-state index contributed by atoms with van der Waals surface area (Å²) in [5.74, 6) is 0.948. The van der Waals surface area contributed by atoms with Gasteiger partial charge >= 0.3 is 0 Å². The number of pyridine rings is 1. The summed E-state index contributed by atoms with van der Waals surface area (Å²) in [5.41, 5.74) is 3.26. The molecular weight excluding hydrogens is 252 g/mol. The SMILES string of the molecule is Cc1nccc2c1[nH]c1cc(O[Si](C)(C)C)ccc12. The van der Waals surface area contributed by atoms with E-state index in [0.29, 0.717) is 0 Å². The van der Waals surface area contributed by atoms with Crippen molar-refractivity contribution in [2.24, 2.45) is 0 Å². The molecule has 98 valence electrons. The van der Waals surface area contributed by atoms with Crippen LogP contribution in [-0.4, -0.2) is 18.3 Å². The summed E-state index contributed by atoms with van der Waals surface area (Å²) < 4.78 is 6.04. The lowest BCUT2D eigenvalue weighted by molar-refractivity contribution is 0.558. The second-order valence-corrected chi connectivity index (χ2v) is 10.3. The van der Waals surface area contributed by atoms with Crippen molar-refractivity contribution in [3.8, 4) is 5.75 Å². The second-order valence-electron chi connectivity index (χ2n) is 5.87. The number of hydrogen-bond acceptors (Lipinski definition) is 2. The molecule has 3 aromatic rings. The molecule has 0 bridgehead atoms. The van der Waals surface area contributed by atoms with Crippen molar-refractivity contribution in [3.05, 3.63) is 36.2 Å². The van der Waals surface area contributed by atoms with Gasteiger partial charge in [0.05, 0.1) is 16.7 Å². The summed E-state index contributed by atoms with van der Waals surface area (Å²) in [6.07, 6.45) is 1.86. The lowest BCUT2D eigenvalue weighted by Crippen LogP contribution is -2.29. The van der Waals surface area contributed by atoms with Gasteiger partial charge in [-0.05, 0) is 44.8 Å². The molecule has 0 aliphatic carbocycles. The zero-order valence-corrected chi connectivity index (χ0v) is 12.7. The molecule has 0 amide bonds. The molecule has 3 nitrogen and oxygen atoms in total. The average molecular weight is 270 g/mol. The minimum absolute atomic E-state index is 0.948. The van der Waals surface area contributed by atoms with Gasteiger partial charge in [-0.15, -0.1) is 0 Å². The molecule has 0 aliphatic heterocycles. The molecule has 0 saturated heterocycles. The number of nitrogens with zero attached hydrogens (tertiary/aromatic N) is 1. The highest BCUT2D eigenvalue weighted by Crippen LogP contribution is 2.29. The molecule has 19 heavy (non-hydrogen) atoms.